The Morgan fingerprint density at radius 1 is 0.889 bits per heavy atom. The lowest BCUT2D eigenvalue weighted by Crippen LogP contribution is -1.99. The summed E-state index contributed by atoms with van der Waals surface area (Å²) in [4.78, 5) is 4.09. The predicted octanol–water partition coefficient (Wildman–Crippen LogP) is 5.58. The third kappa shape index (κ3) is 4.04. The van der Waals surface area contributed by atoms with Crippen molar-refractivity contribution in [1.82, 2.24) is 19.7 Å². The van der Waals surface area contributed by atoms with E-state index < -0.39 is 0 Å². The van der Waals surface area contributed by atoms with Crippen LogP contribution in [-0.2, 0) is 5.75 Å². The molecule has 4 rings (SSSR count). The highest BCUT2D eigenvalue weighted by Crippen LogP contribution is 2.30. The first-order valence-corrected chi connectivity index (χ1v) is 9.87. The van der Waals surface area contributed by atoms with Crippen molar-refractivity contribution in [3.05, 3.63) is 89.2 Å². The number of thioether (sulfide) groups is 1. The monoisotopic (exact) mass is 392 g/mol. The molecule has 0 saturated heterocycles. The fraction of sp³-hybridized carbons (Fsp3) is 0.0952. The van der Waals surface area contributed by atoms with Crippen LogP contribution in [0.3, 0.4) is 0 Å². The Morgan fingerprint density at radius 3 is 2.30 bits per heavy atom. The second kappa shape index (κ2) is 7.94. The number of rotatable bonds is 5. The number of halogens is 1. The molecule has 6 heteroatoms. The Balaban J connectivity index is 1.71. The highest BCUT2D eigenvalue weighted by molar-refractivity contribution is 7.98. The second-order valence-corrected chi connectivity index (χ2v) is 7.51. The van der Waals surface area contributed by atoms with Crippen molar-refractivity contribution in [2.24, 2.45) is 0 Å². The largest absolute Gasteiger partial charge is 0.270 e. The molecule has 0 bridgehead atoms. The van der Waals surface area contributed by atoms with E-state index in [1.807, 2.05) is 36.4 Å². The van der Waals surface area contributed by atoms with Crippen LogP contribution in [0.25, 0.3) is 17.1 Å². The molecule has 2 heterocycles. The Kier molecular flexibility index (Phi) is 5.23. The maximum Gasteiger partial charge on any atom is 0.196 e. The van der Waals surface area contributed by atoms with Gasteiger partial charge in [-0.1, -0.05) is 53.2 Å². The minimum atomic E-state index is 0.700. The Labute approximate surface area is 167 Å². The van der Waals surface area contributed by atoms with E-state index in [0.717, 1.165) is 28.0 Å². The van der Waals surface area contributed by atoms with Gasteiger partial charge < -0.3 is 0 Å². The predicted molar refractivity (Wildman–Crippen MR) is 110 cm³/mol. The van der Waals surface area contributed by atoms with Crippen LogP contribution in [-0.4, -0.2) is 19.7 Å². The molecule has 0 amide bonds. The van der Waals surface area contributed by atoms with Gasteiger partial charge in [-0.2, -0.15) is 0 Å². The van der Waals surface area contributed by atoms with Gasteiger partial charge in [0, 0.05) is 34.4 Å². The molecule has 0 aliphatic heterocycles. The quantitative estimate of drug-likeness (QED) is 0.415. The summed E-state index contributed by atoms with van der Waals surface area (Å²) in [5.74, 6) is 1.61. The van der Waals surface area contributed by atoms with Gasteiger partial charge in [-0.05, 0) is 48.9 Å². The number of hydrogen-bond donors (Lipinski definition) is 0. The fourth-order valence-corrected chi connectivity index (χ4v) is 3.74. The molecule has 0 fully saturated rings. The van der Waals surface area contributed by atoms with Crippen LogP contribution in [0, 0.1) is 6.92 Å². The lowest BCUT2D eigenvalue weighted by molar-refractivity contribution is 0.886. The van der Waals surface area contributed by atoms with Crippen LogP contribution < -0.4 is 0 Å². The van der Waals surface area contributed by atoms with Crippen molar-refractivity contribution in [3.63, 3.8) is 0 Å². The van der Waals surface area contributed by atoms with Gasteiger partial charge in [-0.25, -0.2) is 0 Å². The smallest absolute Gasteiger partial charge is 0.196 e. The van der Waals surface area contributed by atoms with Crippen molar-refractivity contribution in [3.8, 4) is 17.1 Å². The van der Waals surface area contributed by atoms with Gasteiger partial charge in [0.15, 0.2) is 11.0 Å². The summed E-state index contributed by atoms with van der Waals surface area (Å²) in [5, 5.41) is 10.4. The molecule has 4 aromatic rings. The molecule has 0 aliphatic rings. The van der Waals surface area contributed by atoms with Gasteiger partial charge in [0.2, 0.25) is 0 Å². The van der Waals surface area contributed by atoms with Gasteiger partial charge in [-0.15, -0.1) is 10.2 Å². The van der Waals surface area contributed by atoms with Crippen molar-refractivity contribution >= 4 is 23.4 Å². The number of pyridine rings is 1. The summed E-state index contributed by atoms with van der Waals surface area (Å²) in [6.07, 6.45) is 3.52. The molecule has 0 saturated carbocycles. The zero-order chi connectivity index (χ0) is 18.6. The molecule has 0 N–H and O–H groups in total. The van der Waals surface area contributed by atoms with E-state index in [1.54, 1.807) is 24.2 Å². The zero-order valence-electron chi connectivity index (χ0n) is 14.7. The van der Waals surface area contributed by atoms with E-state index in [0.29, 0.717) is 5.02 Å². The summed E-state index contributed by atoms with van der Waals surface area (Å²) in [5.41, 5.74) is 4.45. The average molecular weight is 393 g/mol. The van der Waals surface area contributed by atoms with Gasteiger partial charge in [0.25, 0.3) is 0 Å². The van der Waals surface area contributed by atoms with E-state index >= 15 is 0 Å². The number of aryl methyl sites for hydroxylation is 1. The molecular formula is C21H17ClN4S. The lowest BCUT2D eigenvalue weighted by atomic mass is 10.2. The summed E-state index contributed by atoms with van der Waals surface area (Å²) >= 11 is 7.73. The summed E-state index contributed by atoms with van der Waals surface area (Å²) in [6.45, 7) is 2.09. The zero-order valence-corrected chi connectivity index (χ0v) is 16.3. The molecule has 0 atom stereocenters. The Morgan fingerprint density at radius 2 is 1.59 bits per heavy atom. The van der Waals surface area contributed by atoms with Crippen LogP contribution in [0.15, 0.2) is 78.2 Å². The van der Waals surface area contributed by atoms with E-state index in [4.69, 9.17) is 11.6 Å². The van der Waals surface area contributed by atoms with Crippen LogP contribution >= 0.6 is 23.4 Å². The molecule has 27 heavy (non-hydrogen) atoms. The van der Waals surface area contributed by atoms with Crippen LogP contribution in [0.2, 0.25) is 5.02 Å². The molecule has 2 aromatic heterocycles. The molecular weight excluding hydrogens is 376 g/mol. The molecule has 4 nitrogen and oxygen atoms in total. The molecule has 0 aliphatic carbocycles. The lowest BCUT2D eigenvalue weighted by Gasteiger charge is -2.10. The van der Waals surface area contributed by atoms with E-state index in [-0.39, 0.29) is 0 Å². The first-order chi connectivity index (χ1) is 13.2. The third-order valence-corrected chi connectivity index (χ3v) is 5.40. The van der Waals surface area contributed by atoms with E-state index in [9.17, 15) is 0 Å². The maximum absolute atomic E-state index is 6.07. The fourth-order valence-electron chi connectivity index (χ4n) is 2.71. The van der Waals surface area contributed by atoms with Gasteiger partial charge in [0.05, 0.1) is 0 Å². The number of hydrogen-bond acceptors (Lipinski definition) is 4. The van der Waals surface area contributed by atoms with Gasteiger partial charge in [0.1, 0.15) is 0 Å². The van der Waals surface area contributed by atoms with Crippen LogP contribution in [0.4, 0.5) is 0 Å². The van der Waals surface area contributed by atoms with Crippen LogP contribution in [0.5, 0.6) is 0 Å². The highest BCUT2D eigenvalue weighted by atomic mass is 35.5. The van der Waals surface area contributed by atoms with Gasteiger partial charge in [-0.3, -0.25) is 9.55 Å². The van der Waals surface area contributed by atoms with Crippen LogP contribution in [0.1, 0.15) is 11.1 Å². The Bertz CT molecular complexity index is 1030. The molecule has 134 valence electrons. The highest BCUT2D eigenvalue weighted by Gasteiger charge is 2.16. The van der Waals surface area contributed by atoms with E-state index in [2.05, 4.69) is 50.9 Å². The second-order valence-electron chi connectivity index (χ2n) is 6.13. The molecule has 2 aromatic carbocycles. The SMILES string of the molecule is Cc1ccc(CSc2nnc(-c3ccncc3)n2-c2ccc(Cl)cc2)cc1. The van der Waals surface area contributed by atoms with Crippen molar-refractivity contribution in [2.75, 3.05) is 0 Å². The number of benzene rings is 2. The molecule has 0 radical (unpaired) electrons. The standard InChI is InChI=1S/C21H17ClN4S/c1-15-2-4-16(5-3-15)14-27-21-25-24-20(17-10-12-23-13-11-17)26(21)19-8-6-18(22)7-9-19/h2-13H,14H2,1H3. The first kappa shape index (κ1) is 17.8. The van der Waals surface area contributed by atoms with Crippen molar-refractivity contribution < 1.29 is 0 Å². The van der Waals surface area contributed by atoms with E-state index in [1.165, 1.54) is 11.1 Å². The summed E-state index contributed by atoms with van der Waals surface area (Å²) < 4.78 is 2.06. The van der Waals surface area contributed by atoms with Crippen molar-refractivity contribution in [1.29, 1.82) is 0 Å². The molecule has 0 unspecified atom stereocenters. The van der Waals surface area contributed by atoms with Gasteiger partial charge >= 0.3 is 0 Å². The number of aromatic nitrogens is 4. The average Bonchev–Trinajstić information content (AvgIpc) is 3.13. The number of nitrogens with zero attached hydrogens (tertiary/aromatic N) is 4. The normalized spacial score (nSPS) is 10.9. The molecule has 0 spiro atoms. The minimum absolute atomic E-state index is 0.700. The minimum Gasteiger partial charge on any atom is -0.270 e. The maximum atomic E-state index is 6.07. The Hall–Kier alpha value is -2.63. The topological polar surface area (TPSA) is 43.6 Å². The summed E-state index contributed by atoms with van der Waals surface area (Å²) in [6, 6.07) is 20.1. The first-order valence-electron chi connectivity index (χ1n) is 8.51. The van der Waals surface area contributed by atoms with Crippen molar-refractivity contribution in [2.45, 2.75) is 17.8 Å². The third-order valence-electron chi connectivity index (χ3n) is 4.15. The summed E-state index contributed by atoms with van der Waals surface area (Å²) in [7, 11) is 0.